The first-order chi connectivity index (χ1) is 7.20. The number of rotatable bonds is 2. The number of aliphatic hydroxyl groups excluding tert-OH is 1. The lowest BCUT2D eigenvalue weighted by molar-refractivity contribution is 0.282. The topological polar surface area (TPSA) is 23.5 Å². The van der Waals surface area contributed by atoms with Gasteiger partial charge >= 0.3 is 0 Å². The molecule has 0 aliphatic rings. The van der Waals surface area contributed by atoms with Gasteiger partial charge in [0.2, 0.25) is 0 Å². The molecule has 0 fully saturated rings. The summed E-state index contributed by atoms with van der Waals surface area (Å²) >= 11 is 0. The van der Waals surface area contributed by atoms with Crippen molar-refractivity contribution >= 4 is 16.5 Å². The molecule has 0 saturated carbocycles. The van der Waals surface area contributed by atoms with Gasteiger partial charge in [-0.3, -0.25) is 0 Å². The molecule has 78 valence electrons. The highest BCUT2D eigenvalue weighted by Gasteiger charge is 1.99. The number of aliphatic hydroxyl groups is 1. The van der Waals surface area contributed by atoms with E-state index in [9.17, 15) is 0 Å². The van der Waals surface area contributed by atoms with Crippen LogP contribution in [0.25, 0.3) is 10.8 Å². The number of benzene rings is 2. The van der Waals surface area contributed by atoms with E-state index in [2.05, 4.69) is 23.1 Å². The van der Waals surface area contributed by atoms with Gasteiger partial charge in [-0.15, -0.1) is 0 Å². The van der Waals surface area contributed by atoms with Crippen molar-refractivity contribution in [3.63, 3.8) is 0 Å². The molecule has 2 aromatic carbocycles. The fraction of sp³-hybridized carbons (Fsp3) is 0.231. The second-order valence-electron chi connectivity index (χ2n) is 3.92. The summed E-state index contributed by atoms with van der Waals surface area (Å²) in [5, 5.41) is 11.4. The summed E-state index contributed by atoms with van der Waals surface area (Å²) in [6.07, 6.45) is 0. The Balaban J connectivity index is 2.55. The molecule has 0 aliphatic heterocycles. The van der Waals surface area contributed by atoms with Gasteiger partial charge in [0.1, 0.15) is 0 Å². The lowest BCUT2D eigenvalue weighted by atomic mass is 10.1. The van der Waals surface area contributed by atoms with Crippen molar-refractivity contribution in [1.82, 2.24) is 0 Å². The molecule has 0 amide bonds. The summed E-state index contributed by atoms with van der Waals surface area (Å²) in [5.74, 6) is 0. The van der Waals surface area contributed by atoms with Crippen molar-refractivity contribution in [2.75, 3.05) is 19.0 Å². The predicted octanol–water partition coefficient (Wildman–Crippen LogP) is 2.40. The molecule has 0 bridgehead atoms. The molecule has 2 rings (SSSR count). The van der Waals surface area contributed by atoms with Gasteiger partial charge in [-0.25, -0.2) is 0 Å². The lowest BCUT2D eigenvalue weighted by Crippen LogP contribution is -2.07. The van der Waals surface area contributed by atoms with Crippen LogP contribution in [0.3, 0.4) is 0 Å². The van der Waals surface area contributed by atoms with Crippen LogP contribution in [0.5, 0.6) is 0 Å². The summed E-state index contributed by atoms with van der Waals surface area (Å²) in [4.78, 5) is 2.08. The fourth-order valence-electron chi connectivity index (χ4n) is 1.66. The highest BCUT2D eigenvalue weighted by Crippen LogP contribution is 2.21. The van der Waals surface area contributed by atoms with Crippen LogP contribution in [0.2, 0.25) is 0 Å². The normalized spacial score (nSPS) is 10.6. The minimum Gasteiger partial charge on any atom is -0.392 e. The quantitative estimate of drug-likeness (QED) is 0.806. The zero-order chi connectivity index (χ0) is 10.8. The molecule has 0 radical (unpaired) electrons. The maximum atomic E-state index is 9.03. The first-order valence-electron chi connectivity index (χ1n) is 5.01. The molecule has 0 heterocycles. The Morgan fingerprint density at radius 1 is 1.00 bits per heavy atom. The Labute approximate surface area is 89.8 Å². The van der Waals surface area contributed by atoms with Crippen LogP contribution in [0, 0.1) is 0 Å². The Hall–Kier alpha value is -1.54. The molecule has 0 saturated heterocycles. The van der Waals surface area contributed by atoms with Crippen molar-refractivity contribution in [3.05, 3.63) is 42.0 Å². The SMILES string of the molecule is CN(C)c1ccc2cc(CO)ccc2c1. The molecule has 2 aromatic rings. The van der Waals surface area contributed by atoms with E-state index in [0.29, 0.717) is 0 Å². The first-order valence-corrected chi connectivity index (χ1v) is 5.01. The van der Waals surface area contributed by atoms with E-state index in [1.807, 2.05) is 32.3 Å². The lowest BCUT2D eigenvalue weighted by Gasteiger charge is -2.13. The maximum absolute atomic E-state index is 9.03. The minimum atomic E-state index is 0.103. The number of anilines is 1. The van der Waals surface area contributed by atoms with Gasteiger partial charge < -0.3 is 10.0 Å². The molecule has 0 spiro atoms. The summed E-state index contributed by atoms with van der Waals surface area (Å²) in [7, 11) is 4.06. The number of fused-ring (bicyclic) bond motifs is 1. The first kappa shape index (κ1) is 9.99. The van der Waals surface area contributed by atoms with E-state index in [1.165, 1.54) is 16.5 Å². The summed E-state index contributed by atoms with van der Waals surface area (Å²) < 4.78 is 0. The summed E-state index contributed by atoms with van der Waals surface area (Å²) in [6.45, 7) is 0.103. The third kappa shape index (κ3) is 1.95. The van der Waals surface area contributed by atoms with Crippen molar-refractivity contribution < 1.29 is 5.11 Å². The van der Waals surface area contributed by atoms with Gasteiger partial charge in [0, 0.05) is 19.8 Å². The smallest absolute Gasteiger partial charge is 0.0682 e. The fourth-order valence-corrected chi connectivity index (χ4v) is 1.66. The Morgan fingerprint density at radius 2 is 1.67 bits per heavy atom. The molecule has 1 N–H and O–H groups in total. The largest absolute Gasteiger partial charge is 0.392 e. The van der Waals surface area contributed by atoms with Crippen LogP contribution < -0.4 is 4.90 Å². The molecule has 2 nitrogen and oxygen atoms in total. The Kier molecular flexibility index (Phi) is 2.60. The summed E-state index contributed by atoms with van der Waals surface area (Å²) in [5.41, 5.74) is 2.15. The number of hydrogen-bond donors (Lipinski definition) is 1. The Bertz CT molecular complexity index is 477. The zero-order valence-electron chi connectivity index (χ0n) is 9.07. The molecular formula is C13H15NO. The molecule has 0 atom stereocenters. The van der Waals surface area contributed by atoms with E-state index >= 15 is 0 Å². The van der Waals surface area contributed by atoms with Crippen molar-refractivity contribution in [3.8, 4) is 0 Å². The minimum absolute atomic E-state index is 0.103. The summed E-state index contributed by atoms with van der Waals surface area (Å²) in [6, 6.07) is 12.4. The monoisotopic (exact) mass is 201 g/mol. The van der Waals surface area contributed by atoms with Crippen LogP contribution >= 0.6 is 0 Å². The second kappa shape index (κ2) is 3.91. The van der Waals surface area contributed by atoms with Gasteiger partial charge in [-0.05, 0) is 34.5 Å². The third-order valence-corrected chi connectivity index (χ3v) is 2.59. The molecule has 0 aromatic heterocycles. The van der Waals surface area contributed by atoms with Crippen LogP contribution in [-0.2, 0) is 6.61 Å². The average Bonchev–Trinajstić information content (AvgIpc) is 2.27. The maximum Gasteiger partial charge on any atom is 0.0682 e. The molecule has 0 unspecified atom stereocenters. The van der Waals surface area contributed by atoms with E-state index in [4.69, 9.17) is 5.11 Å². The van der Waals surface area contributed by atoms with E-state index in [1.54, 1.807) is 0 Å². The highest BCUT2D eigenvalue weighted by atomic mass is 16.3. The predicted molar refractivity (Wildman–Crippen MR) is 64.2 cm³/mol. The van der Waals surface area contributed by atoms with Crippen molar-refractivity contribution in [1.29, 1.82) is 0 Å². The second-order valence-corrected chi connectivity index (χ2v) is 3.92. The molecule has 15 heavy (non-hydrogen) atoms. The van der Waals surface area contributed by atoms with Gasteiger partial charge in [0.25, 0.3) is 0 Å². The molecular weight excluding hydrogens is 186 g/mol. The van der Waals surface area contributed by atoms with Crippen LogP contribution in [0.4, 0.5) is 5.69 Å². The van der Waals surface area contributed by atoms with Crippen LogP contribution in [0.15, 0.2) is 36.4 Å². The van der Waals surface area contributed by atoms with Gasteiger partial charge in [0.05, 0.1) is 6.61 Å². The van der Waals surface area contributed by atoms with Crippen molar-refractivity contribution in [2.24, 2.45) is 0 Å². The van der Waals surface area contributed by atoms with Crippen molar-refractivity contribution in [2.45, 2.75) is 6.61 Å². The van der Waals surface area contributed by atoms with E-state index in [-0.39, 0.29) is 6.61 Å². The zero-order valence-corrected chi connectivity index (χ0v) is 9.07. The average molecular weight is 201 g/mol. The van der Waals surface area contributed by atoms with Gasteiger partial charge in [-0.1, -0.05) is 18.2 Å². The number of hydrogen-bond acceptors (Lipinski definition) is 2. The Morgan fingerprint density at radius 3 is 2.33 bits per heavy atom. The van der Waals surface area contributed by atoms with E-state index in [0.717, 1.165) is 5.56 Å². The standard InChI is InChI=1S/C13H15NO/c1-14(2)13-6-5-11-7-10(9-15)3-4-12(11)8-13/h3-8,15H,9H2,1-2H3. The van der Waals surface area contributed by atoms with Crippen LogP contribution in [0.1, 0.15) is 5.56 Å². The highest BCUT2D eigenvalue weighted by molar-refractivity contribution is 5.86. The van der Waals surface area contributed by atoms with Crippen LogP contribution in [-0.4, -0.2) is 19.2 Å². The van der Waals surface area contributed by atoms with E-state index < -0.39 is 0 Å². The molecule has 2 heteroatoms. The number of nitrogens with zero attached hydrogens (tertiary/aromatic N) is 1. The van der Waals surface area contributed by atoms with Gasteiger partial charge in [-0.2, -0.15) is 0 Å². The van der Waals surface area contributed by atoms with Gasteiger partial charge in [0.15, 0.2) is 0 Å². The third-order valence-electron chi connectivity index (χ3n) is 2.59. The molecule has 0 aliphatic carbocycles.